The fourth-order valence-electron chi connectivity index (χ4n) is 3.13. The summed E-state index contributed by atoms with van der Waals surface area (Å²) in [4.78, 5) is 26.0. The molecule has 0 bridgehead atoms. The fraction of sp³-hybridized carbons (Fsp3) is 0.0909. The second kappa shape index (κ2) is 7.44. The molecule has 0 saturated heterocycles. The average Bonchev–Trinajstić information content (AvgIpc) is 3.16. The van der Waals surface area contributed by atoms with Gasteiger partial charge in [0.15, 0.2) is 5.65 Å². The van der Waals surface area contributed by atoms with Crippen LogP contribution >= 0.6 is 0 Å². The van der Waals surface area contributed by atoms with Gasteiger partial charge in [0.25, 0.3) is 0 Å². The SMILES string of the molecule is Cc1ccc(-c2cnc3ccc(-c4ccc(C=O)cc4)nn23)cc1CNC=O. The summed E-state index contributed by atoms with van der Waals surface area (Å²) in [6.45, 7) is 2.49. The quantitative estimate of drug-likeness (QED) is 0.528. The van der Waals surface area contributed by atoms with Gasteiger partial charge in [-0.1, -0.05) is 36.4 Å². The standard InChI is InChI=1S/C22H18N4O2/c1-15-2-5-18(10-19(15)11-23-14-28)21-12-24-22-9-8-20(25-26(21)22)17-6-3-16(13-27)4-7-17/h2-10,12-14H,11H2,1H3,(H,23,28). The van der Waals surface area contributed by atoms with Crippen molar-refractivity contribution in [1.29, 1.82) is 0 Å². The first kappa shape index (κ1) is 17.6. The molecular formula is C22H18N4O2. The highest BCUT2D eigenvalue weighted by molar-refractivity contribution is 5.76. The predicted octanol–water partition coefficient (Wildman–Crippen LogP) is 3.43. The number of aromatic nitrogens is 3. The van der Waals surface area contributed by atoms with E-state index in [-0.39, 0.29) is 0 Å². The van der Waals surface area contributed by atoms with Gasteiger partial charge in [0.05, 0.1) is 17.6 Å². The Morgan fingerprint density at radius 1 is 1.00 bits per heavy atom. The van der Waals surface area contributed by atoms with Gasteiger partial charge in [-0.25, -0.2) is 9.50 Å². The van der Waals surface area contributed by atoms with E-state index in [1.54, 1.807) is 18.3 Å². The van der Waals surface area contributed by atoms with Crippen LogP contribution in [-0.2, 0) is 11.3 Å². The van der Waals surface area contributed by atoms with Crippen molar-refractivity contribution in [3.63, 3.8) is 0 Å². The maximum Gasteiger partial charge on any atom is 0.207 e. The minimum atomic E-state index is 0.474. The van der Waals surface area contributed by atoms with E-state index >= 15 is 0 Å². The largest absolute Gasteiger partial charge is 0.355 e. The molecule has 138 valence electrons. The van der Waals surface area contributed by atoms with E-state index in [2.05, 4.69) is 10.3 Å². The smallest absolute Gasteiger partial charge is 0.207 e. The summed E-state index contributed by atoms with van der Waals surface area (Å²) in [6, 6.07) is 17.2. The molecule has 0 atom stereocenters. The molecule has 2 aromatic heterocycles. The number of carbonyl (C=O) groups excluding carboxylic acids is 2. The third-order valence-corrected chi connectivity index (χ3v) is 4.73. The van der Waals surface area contributed by atoms with Gasteiger partial charge < -0.3 is 5.32 Å². The van der Waals surface area contributed by atoms with E-state index < -0.39 is 0 Å². The van der Waals surface area contributed by atoms with Gasteiger partial charge in [-0.3, -0.25) is 9.59 Å². The van der Waals surface area contributed by atoms with Gasteiger partial charge in [0, 0.05) is 23.2 Å². The van der Waals surface area contributed by atoms with Crippen LogP contribution in [0.15, 0.2) is 60.8 Å². The lowest BCUT2D eigenvalue weighted by Gasteiger charge is -2.09. The van der Waals surface area contributed by atoms with Crippen molar-refractivity contribution in [2.75, 3.05) is 0 Å². The second-order valence-electron chi connectivity index (χ2n) is 6.51. The lowest BCUT2D eigenvalue weighted by Crippen LogP contribution is -2.10. The molecule has 6 heteroatoms. The van der Waals surface area contributed by atoms with Crippen LogP contribution in [0.25, 0.3) is 28.2 Å². The normalized spacial score (nSPS) is 10.8. The van der Waals surface area contributed by atoms with E-state index in [4.69, 9.17) is 5.10 Å². The van der Waals surface area contributed by atoms with E-state index in [0.717, 1.165) is 45.6 Å². The number of nitrogens with zero attached hydrogens (tertiary/aromatic N) is 3. The number of hydrogen-bond donors (Lipinski definition) is 1. The lowest BCUT2D eigenvalue weighted by molar-refractivity contribution is -0.109. The monoisotopic (exact) mass is 370 g/mol. The van der Waals surface area contributed by atoms with Gasteiger partial charge in [-0.15, -0.1) is 0 Å². The fourth-order valence-corrected chi connectivity index (χ4v) is 3.13. The molecule has 1 amide bonds. The summed E-state index contributed by atoms with van der Waals surface area (Å²) in [7, 11) is 0. The summed E-state index contributed by atoms with van der Waals surface area (Å²) in [5, 5.41) is 7.46. The highest BCUT2D eigenvalue weighted by Gasteiger charge is 2.11. The van der Waals surface area contributed by atoms with E-state index in [9.17, 15) is 9.59 Å². The molecule has 0 saturated carbocycles. The van der Waals surface area contributed by atoms with Crippen molar-refractivity contribution in [2.45, 2.75) is 13.5 Å². The van der Waals surface area contributed by atoms with Gasteiger partial charge in [0.2, 0.25) is 6.41 Å². The second-order valence-corrected chi connectivity index (χ2v) is 6.51. The maximum absolute atomic E-state index is 10.9. The van der Waals surface area contributed by atoms with Crippen molar-refractivity contribution in [2.24, 2.45) is 0 Å². The number of benzene rings is 2. The molecule has 28 heavy (non-hydrogen) atoms. The van der Waals surface area contributed by atoms with Crippen LogP contribution in [0.5, 0.6) is 0 Å². The number of fused-ring (bicyclic) bond motifs is 1. The molecular weight excluding hydrogens is 352 g/mol. The first-order valence-electron chi connectivity index (χ1n) is 8.87. The number of amides is 1. The van der Waals surface area contributed by atoms with Crippen molar-refractivity contribution in [1.82, 2.24) is 19.9 Å². The number of aryl methyl sites for hydroxylation is 1. The maximum atomic E-state index is 10.9. The molecule has 2 aromatic carbocycles. The molecule has 0 aliphatic heterocycles. The zero-order chi connectivity index (χ0) is 19.5. The van der Waals surface area contributed by atoms with Crippen LogP contribution in [0.4, 0.5) is 0 Å². The van der Waals surface area contributed by atoms with Gasteiger partial charge in [-0.05, 0) is 36.2 Å². The van der Waals surface area contributed by atoms with Crippen molar-refractivity contribution in [3.8, 4) is 22.5 Å². The number of imidazole rings is 1. The van der Waals surface area contributed by atoms with Gasteiger partial charge in [0.1, 0.15) is 6.29 Å². The van der Waals surface area contributed by atoms with Gasteiger partial charge >= 0.3 is 0 Å². The molecule has 0 aliphatic carbocycles. The van der Waals surface area contributed by atoms with Crippen LogP contribution in [0.1, 0.15) is 21.5 Å². The first-order chi connectivity index (χ1) is 13.7. The number of rotatable bonds is 6. The number of nitrogens with one attached hydrogen (secondary N) is 1. The number of aldehydes is 1. The molecule has 2 heterocycles. The third-order valence-electron chi connectivity index (χ3n) is 4.73. The molecule has 1 N–H and O–H groups in total. The zero-order valence-electron chi connectivity index (χ0n) is 15.3. The Balaban J connectivity index is 1.78. The van der Waals surface area contributed by atoms with Crippen LogP contribution in [-0.4, -0.2) is 27.3 Å². The third kappa shape index (κ3) is 3.27. The molecule has 0 spiro atoms. The summed E-state index contributed by atoms with van der Waals surface area (Å²) in [6.07, 6.45) is 3.32. The molecule has 4 aromatic rings. The number of hydrogen-bond acceptors (Lipinski definition) is 4. The highest BCUT2D eigenvalue weighted by atomic mass is 16.1. The van der Waals surface area contributed by atoms with Crippen LogP contribution in [0.2, 0.25) is 0 Å². The lowest BCUT2D eigenvalue weighted by atomic mass is 10.0. The van der Waals surface area contributed by atoms with Crippen LogP contribution in [0, 0.1) is 6.92 Å². The minimum Gasteiger partial charge on any atom is -0.355 e. The molecule has 6 nitrogen and oxygen atoms in total. The van der Waals surface area contributed by atoms with E-state index in [1.807, 2.05) is 53.9 Å². The van der Waals surface area contributed by atoms with Crippen LogP contribution in [0.3, 0.4) is 0 Å². The first-order valence-corrected chi connectivity index (χ1v) is 8.87. The Kier molecular flexibility index (Phi) is 4.68. The molecule has 0 fully saturated rings. The van der Waals surface area contributed by atoms with Crippen molar-refractivity contribution >= 4 is 18.3 Å². The Morgan fingerprint density at radius 2 is 1.79 bits per heavy atom. The topological polar surface area (TPSA) is 76.4 Å². The molecule has 0 radical (unpaired) electrons. The Bertz CT molecular complexity index is 1160. The Labute approximate surface area is 161 Å². The van der Waals surface area contributed by atoms with Gasteiger partial charge in [-0.2, -0.15) is 5.10 Å². The van der Waals surface area contributed by atoms with E-state index in [0.29, 0.717) is 18.5 Å². The summed E-state index contributed by atoms with van der Waals surface area (Å²) >= 11 is 0. The van der Waals surface area contributed by atoms with E-state index in [1.165, 1.54) is 0 Å². The van der Waals surface area contributed by atoms with Crippen molar-refractivity contribution in [3.05, 3.63) is 77.5 Å². The summed E-state index contributed by atoms with van der Waals surface area (Å²) < 4.78 is 1.81. The molecule has 0 aliphatic rings. The average molecular weight is 370 g/mol. The summed E-state index contributed by atoms with van der Waals surface area (Å²) in [5.41, 5.74) is 7.08. The highest BCUT2D eigenvalue weighted by Crippen LogP contribution is 2.25. The van der Waals surface area contributed by atoms with Crippen LogP contribution < -0.4 is 5.32 Å². The number of carbonyl (C=O) groups is 2. The molecule has 0 unspecified atom stereocenters. The zero-order valence-corrected chi connectivity index (χ0v) is 15.3. The Hall–Kier alpha value is -3.80. The van der Waals surface area contributed by atoms with Crippen molar-refractivity contribution < 1.29 is 9.59 Å². The molecule has 4 rings (SSSR count). The predicted molar refractivity (Wildman–Crippen MR) is 107 cm³/mol. The Morgan fingerprint density at radius 3 is 2.54 bits per heavy atom. The minimum absolute atomic E-state index is 0.474. The summed E-state index contributed by atoms with van der Waals surface area (Å²) in [5.74, 6) is 0.